The van der Waals surface area contributed by atoms with E-state index in [4.69, 9.17) is 0 Å². The molecule has 0 spiro atoms. The summed E-state index contributed by atoms with van der Waals surface area (Å²) in [6, 6.07) is 0. The first-order chi connectivity index (χ1) is 6.58. The van der Waals surface area contributed by atoms with Crippen LogP contribution in [0.4, 0.5) is 0 Å². The van der Waals surface area contributed by atoms with E-state index in [1.165, 1.54) is 0 Å². The van der Waals surface area contributed by atoms with Crippen molar-refractivity contribution in [3.63, 3.8) is 0 Å². The molecule has 0 aliphatic heterocycles. The minimum absolute atomic E-state index is 0.657. The van der Waals surface area contributed by atoms with Crippen molar-refractivity contribution in [3.8, 4) is 11.8 Å². The molecule has 0 aliphatic carbocycles. The quantitative estimate of drug-likeness (QED) is 0.524. The topological polar surface area (TPSA) is 20.2 Å². The minimum atomic E-state index is -0.845. The van der Waals surface area contributed by atoms with E-state index in [9.17, 15) is 5.11 Å². The monoisotopic (exact) mass is 192 g/mol. The standard InChI is InChI=1S/C13H20O/c1-5-8-10-13(14,7-3)11-9-12(4)6-2/h6,14H,2,4-5,7-8,10H2,1,3H3. The van der Waals surface area contributed by atoms with Gasteiger partial charge in [-0.1, -0.05) is 51.3 Å². The van der Waals surface area contributed by atoms with Crippen molar-refractivity contribution in [1.82, 2.24) is 0 Å². The maximum atomic E-state index is 10.0. The van der Waals surface area contributed by atoms with Gasteiger partial charge in [0.15, 0.2) is 0 Å². The molecule has 1 nitrogen and oxygen atoms in total. The van der Waals surface area contributed by atoms with E-state index in [2.05, 4.69) is 31.9 Å². The highest BCUT2D eigenvalue weighted by atomic mass is 16.3. The molecule has 0 aliphatic rings. The van der Waals surface area contributed by atoms with Gasteiger partial charge in [-0.25, -0.2) is 0 Å². The fourth-order valence-electron chi connectivity index (χ4n) is 1.04. The van der Waals surface area contributed by atoms with Crippen LogP contribution >= 0.6 is 0 Å². The predicted octanol–water partition coefficient (Wildman–Crippen LogP) is 3.06. The Labute approximate surface area is 87.5 Å². The molecule has 0 fully saturated rings. The molecule has 0 aromatic heterocycles. The zero-order valence-corrected chi connectivity index (χ0v) is 9.27. The molecule has 1 N–H and O–H groups in total. The Morgan fingerprint density at radius 1 is 1.50 bits per heavy atom. The highest BCUT2D eigenvalue weighted by Gasteiger charge is 2.20. The summed E-state index contributed by atoms with van der Waals surface area (Å²) < 4.78 is 0. The molecule has 0 rings (SSSR count). The number of unbranched alkanes of at least 4 members (excludes halogenated alkanes) is 1. The summed E-state index contributed by atoms with van der Waals surface area (Å²) in [7, 11) is 0. The Bertz CT molecular complexity index is 254. The number of hydrogen-bond donors (Lipinski definition) is 1. The van der Waals surface area contributed by atoms with Gasteiger partial charge in [-0.3, -0.25) is 0 Å². The third kappa shape index (κ3) is 4.89. The van der Waals surface area contributed by atoms with Gasteiger partial charge in [0.1, 0.15) is 5.60 Å². The Morgan fingerprint density at radius 3 is 2.57 bits per heavy atom. The first-order valence-electron chi connectivity index (χ1n) is 5.15. The minimum Gasteiger partial charge on any atom is -0.378 e. The van der Waals surface area contributed by atoms with Gasteiger partial charge < -0.3 is 5.11 Å². The second-order valence-electron chi connectivity index (χ2n) is 3.47. The molecule has 78 valence electrons. The van der Waals surface area contributed by atoms with Crippen LogP contribution in [-0.4, -0.2) is 10.7 Å². The molecule has 0 amide bonds. The summed E-state index contributed by atoms with van der Waals surface area (Å²) >= 11 is 0. The smallest absolute Gasteiger partial charge is 0.125 e. The van der Waals surface area contributed by atoms with Crippen LogP contribution in [0.2, 0.25) is 0 Å². The van der Waals surface area contributed by atoms with Gasteiger partial charge >= 0.3 is 0 Å². The van der Waals surface area contributed by atoms with Crippen molar-refractivity contribution in [2.45, 2.75) is 45.1 Å². The maximum Gasteiger partial charge on any atom is 0.125 e. The van der Waals surface area contributed by atoms with Gasteiger partial charge in [0.2, 0.25) is 0 Å². The van der Waals surface area contributed by atoms with Crippen LogP contribution in [0.3, 0.4) is 0 Å². The first-order valence-corrected chi connectivity index (χ1v) is 5.15. The van der Waals surface area contributed by atoms with Crippen LogP contribution in [0.1, 0.15) is 39.5 Å². The molecule has 1 unspecified atom stereocenters. The third-order valence-corrected chi connectivity index (χ3v) is 2.23. The van der Waals surface area contributed by atoms with E-state index in [1.54, 1.807) is 6.08 Å². The Morgan fingerprint density at radius 2 is 2.14 bits per heavy atom. The molecular formula is C13H20O. The molecule has 14 heavy (non-hydrogen) atoms. The number of rotatable bonds is 5. The lowest BCUT2D eigenvalue weighted by Crippen LogP contribution is -2.25. The van der Waals surface area contributed by atoms with Gasteiger partial charge in [0.25, 0.3) is 0 Å². The van der Waals surface area contributed by atoms with E-state index in [0.29, 0.717) is 12.0 Å². The molecule has 0 aromatic rings. The van der Waals surface area contributed by atoms with Gasteiger partial charge in [0.05, 0.1) is 0 Å². The summed E-state index contributed by atoms with van der Waals surface area (Å²) in [4.78, 5) is 0. The van der Waals surface area contributed by atoms with E-state index in [-0.39, 0.29) is 0 Å². The van der Waals surface area contributed by atoms with Crippen LogP contribution in [0.15, 0.2) is 24.8 Å². The van der Waals surface area contributed by atoms with Crippen molar-refractivity contribution in [2.75, 3.05) is 0 Å². The first kappa shape index (κ1) is 13.0. The van der Waals surface area contributed by atoms with Crippen molar-refractivity contribution >= 4 is 0 Å². The van der Waals surface area contributed by atoms with Crippen molar-refractivity contribution < 1.29 is 5.11 Å². The molecule has 0 saturated heterocycles. The SMILES string of the molecule is C=CC(=C)C#CC(O)(CC)CCCC. The second-order valence-corrected chi connectivity index (χ2v) is 3.47. The molecule has 1 atom stereocenters. The largest absolute Gasteiger partial charge is 0.378 e. The lowest BCUT2D eigenvalue weighted by atomic mass is 9.94. The van der Waals surface area contributed by atoms with Crippen molar-refractivity contribution in [2.24, 2.45) is 0 Å². The third-order valence-electron chi connectivity index (χ3n) is 2.23. The number of hydrogen-bond acceptors (Lipinski definition) is 1. The highest BCUT2D eigenvalue weighted by molar-refractivity contribution is 5.36. The zero-order chi connectivity index (χ0) is 11.0. The lowest BCUT2D eigenvalue weighted by Gasteiger charge is -2.19. The van der Waals surface area contributed by atoms with E-state index >= 15 is 0 Å². The predicted molar refractivity (Wildman–Crippen MR) is 61.9 cm³/mol. The Balaban J connectivity index is 4.42. The average molecular weight is 192 g/mol. The summed E-state index contributed by atoms with van der Waals surface area (Å²) in [5.41, 5.74) is -0.185. The van der Waals surface area contributed by atoms with Gasteiger partial charge in [-0.2, -0.15) is 0 Å². The van der Waals surface area contributed by atoms with Crippen LogP contribution in [0, 0.1) is 11.8 Å². The lowest BCUT2D eigenvalue weighted by molar-refractivity contribution is 0.0851. The molecular weight excluding hydrogens is 172 g/mol. The molecule has 0 heterocycles. The fraction of sp³-hybridized carbons (Fsp3) is 0.538. The van der Waals surface area contributed by atoms with Gasteiger partial charge in [-0.05, 0) is 19.3 Å². The average Bonchev–Trinajstić information content (AvgIpc) is 2.23. The fourth-order valence-corrected chi connectivity index (χ4v) is 1.04. The molecule has 0 bridgehead atoms. The molecule has 1 heteroatoms. The molecule has 0 aromatic carbocycles. The van der Waals surface area contributed by atoms with Gasteiger partial charge in [-0.15, -0.1) is 0 Å². The van der Waals surface area contributed by atoms with Gasteiger partial charge in [0, 0.05) is 5.57 Å². The highest BCUT2D eigenvalue weighted by Crippen LogP contribution is 2.17. The maximum absolute atomic E-state index is 10.0. The summed E-state index contributed by atoms with van der Waals surface area (Å²) in [5.74, 6) is 5.69. The summed E-state index contributed by atoms with van der Waals surface area (Å²) in [6.07, 6.45) is 5.07. The normalized spacial score (nSPS) is 13.6. The molecule has 0 radical (unpaired) electrons. The Hall–Kier alpha value is -1.00. The van der Waals surface area contributed by atoms with Crippen molar-refractivity contribution in [1.29, 1.82) is 0 Å². The van der Waals surface area contributed by atoms with Crippen LogP contribution in [0.5, 0.6) is 0 Å². The number of allylic oxidation sites excluding steroid dienone is 2. The van der Waals surface area contributed by atoms with E-state index in [0.717, 1.165) is 19.3 Å². The second kappa shape index (κ2) is 6.45. The zero-order valence-electron chi connectivity index (χ0n) is 9.27. The summed E-state index contributed by atoms with van der Waals surface area (Å²) in [5, 5.41) is 10.0. The summed E-state index contributed by atoms with van der Waals surface area (Å²) in [6.45, 7) is 11.3. The molecule has 0 saturated carbocycles. The van der Waals surface area contributed by atoms with E-state index < -0.39 is 5.60 Å². The number of aliphatic hydroxyl groups is 1. The Kier molecular flexibility index (Phi) is 5.99. The van der Waals surface area contributed by atoms with E-state index in [1.807, 2.05) is 6.92 Å². The van der Waals surface area contributed by atoms with Crippen LogP contribution < -0.4 is 0 Å². The van der Waals surface area contributed by atoms with Crippen LogP contribution in [0.25, 0.3) is 0 Å². The van der Waals surface area contributed by atoms with Crippen molar-refractivity contribution in [3.05, 3.63) is 24.8 Å². The van der Waals surface area contributed by atoms with Crippen LogP contribution in [-0.2, 0) is 0 Å².